The lowest BCUT2D eigenvalue weighted by Gasteiger charge is -2.12. The number of imidazole rings is 1. The van der Waals surface area contributed by atoms with Gasteiger partial charge in [0.25, 0.3) is 5.56 Å². The predicted octanol–water partition coefficient (Wildman–Crippen LogP) is 3.10. The van der Waals surface area contributed by atoms with Gasteiger partial charge >= 0.3 is 0 Å². The van der Waals surface area contributed by atoms with E-state index in [1.165, 1.54) is 11.3 Å². The van der Waals surface area contributed by atoms with Crippen molar-refractivity contribution in [2.24, 2.45) is 0 Å². The second kappa shape index (κ2) is 6.83. The van der Waals surface area contributed by atoms with Crippen LogP contribution in [0.5, 0.6) is 17.2 Å². The van der Waals surface area contributed by atoms with E-state index in [0.717, 1.165) is 27.7 Å². The maximum Gasteiger partial charge on any atom is 0.274 e. The molecule has 0 aliphatic heterocycles. The van der Waals surface area contributed by atoms with Gasteiger partial charge in [0, 0.05) is 0 Å². The summed E-state index contributed by atoms with van der Waals surface area (Å²) in [7, 11) is 4.69. The number of hydrogen-bond acceptors (Lipinski definition) is 6. The van der Waals surface area contributed by atoms with Crippen LogP contribution in [0.2, 0.25) is 0 Å². The van der Waals surface area contributed by atoms with Crippen molar-refractivity contribution in [2.75, 3.05) is 21.3 Å². The van der Waals surface area contributed by atoms with Gasteiger partial charge in [-0.15, -0.1) is 0 Å². The third kappa shape index (κ3) is 2.79. The maximum atomic E-state index is 13.1. The zero-order valence-corrected chi connectivity index (χ0v) is 17.1. The molecular weight excluding hydrogens is 376 g/mol. The summed E-state index contributed by atoms with van der Waals surface area (Å²) in [5.41, 5.74) is 4.59. The van der Waals surface area contributed by atoms with Gasteiger partial charge in [-0.1, -0.05) is 17.4 Å². The van der Waals surface area contributed by atoms with Gasteiger partial charge in [-0.3, -0.25) is 4.79 Å². The van der Waals surface area contributed by atoms with Crippen LogP contribution in [0.25, 0.3) is 22.1 Å². The van der Waals surface area contributed by atoms with E-state index in [0.29, 0.717) is 26.7 Å². The number of benzene rings is 2. The highest BCUT2D eigenvalue weighted by atomic mass is 32.1. The molecule has 2 heterocycles. The minimum atomic E-state index is -0.0822. The van der Waals surface area contributed by atoms with Crippen molar-refractivity contribution in [2.45, 2.75) is 13.8 Å². The van der Waals surface area contributed by atoms with Crippen molar-refractivity contribution >= 4 is 33.4 Å². The maximum absolute atomic E-state index is 13.1. The molecule has 0 aliphatic carbocycles. The fourth-order valence-corrected chi connectivity index (χ4v) is 4.43. The molecule has 2 aromatic heterocycles. The molecule has 0 bridgehead atoms. The smallest absolute Gasteiger partial charge is 0.274 e. The van der Waals surface area contributed by atoms with E-state index in [1.807, 2.05) is 38.1 Å². The minimum Gasteiger partial charge on any atom is -0.493 e. The zero-order valence-electron chi connectivity index (χ0n) is 16.3. The molecule has 0 N–H and O–H groups in total. The normalized spacial score (nSPS) is 12.1. The summed E-state index contributed by atoms with van der Waals surface area (Å²) in [6.45, 7) is 4.03. The number of ether oxygens (including phenoxy) is 3. The third-order valence-corrected chi connectivity index (χ3v) is 5.63. The molecule has 0 radical (unpaired) electrons. The van der Waals surface area contributed by atoms with Crippen LogP contribution in [0.3, 0.4) is 0 Å². The number of methoxy groups -OCH3 is 3. The molecule has 4 rings (SSSR count). The third-order valence-electron chi connectivity index (χ3n) is 4.66. The van der Waals surface area contributed by atoms with Crippen LogP contribution < -0.4 is 24.3 Å². The summed E-state index contributed by atoms with van der Waals surface area (Å²) in [4.78, 5) is 18.4. The summed E-state index contributed by atoms with van der Waals surface area (Å²) >= 11 is 1.37. The predicted molar refractivity (Wildman–Crippen MR) is 111 cm³/mol. The monoisotopic (exact) mass is 396 g/mol. The van der Waals surface area contributed by atoms with Crippen LogP contribution in [-0.4, -0.2) is 30.7 Å². The van der Waals surface area contributed by atoms with Crippen molar-refractivity contribution in [1.82, 2.24) is 9.38 Å². The Morgan fingerprint density at radius 3 is 2.29 bits per heavy atom. The number of aryl methyl sites for hydroxylation is 2. The molecule has 0 spiro atoms. The lowest BCUT2D eigenvalue weighted by Crippen LogP contribution is -2.22. The molecule has 7 heteroatoms. The lowest BCUT2D eigenvalue weighted by atomic mass is 10.1. The number of fused-ring (bicyclic) bond motifs is 3. The average molecular weight is 396 g/mol. The van der Waals surface area contributed by atoms with Crippen LogP contribution in [-0.2, 0) is 0 Å². The molecule has 0 saturated carbocycles. The van der Waals surface area contributed by atoms with E-state index in [4.69, 9.17) is 14.2 Å². The molecule has 0 unspecified atom stereocenters. The van der Waals surface area contributed by atoms with Crippen molar-refractivity contribution in [1.29, 1.82) is 0 Å². The number of rotatable bonds is 4. The van der Waals surface area contributed by atoms with Gasteiger partial charge in [0.15, 0.2) is 16.5 Å². The van der Waals surface area contributed by atoms with Crippen molar-refractivity contribution in [3.05, 3.63) is 55.8 Å². The molecule has 28 heavy (non-hydrogen) atoms. The van der Waals surface area contributed by atoms with E-state index in [-0.39, 0.29) is 5.56 Å². The zero-order chi connectivity index (χ0) is 20.0. The summed E-state index contributed by atoms with van der Waals surface area (Å²) in [6.07, 6.45) is 1.82. The van der Waals surface area contributed by atoms with Crippen molar-refractivity contribution < 1.29 is 14.2 Å². The SMILES string of the molecule is COc1cc(C=c2sc3nc4c(C)cc(C)cc4n3c2=O)cc(OC)c1OC. The van der Waals surface area contributed by atoms with E-state index in [2.05, 4.69) is 11.1 Å². The highest BCUT2D eigenvalue weighted by Gasteiger charge is 2.15. The second-order valence-corrected chi connectivity index (χ2v) is 7.56. The molecule has 0 fully saturated rings. The van der Waals surface area contributed by atoms with Crippen LogP contribution >= 0.6 is 11.3 Å². The van der Waals surface area contributed by atoms with Gasteiger partial charge in [-0.05, 0) is 54.8 Å². The summed E-state index contributed by atoms with van der Waals surface area (Å²) in [5.74, 6) is 1.60. The Balaban J connectivity index is 1.96. The van der Waals surface area contributed by atoms with Crippen LogP contribution in [0.4, 0.5) is 0 Å². The molecule has 0 amide bonds. The molecule has 0 atom stereocenters. The lowest BCUT2D eigenvalue weighted by molar-refractivity contribution is 0.324. The molecule has 6 nitrogen and oxygen atoms in total. The molecule has 144 valence electrons. The standard InChI is InChI=1S/C21H20N2O4S/c1-11-6-12(2)18-14(7-11)23-20(24)17(28-21(23)22-18)10-13-8-15(25-3)19(27-5)16(9-13)26-4/h6-10H,1-5H3. The van der Waals surface area contributed by atoms with Crippen LogP contribution in [0, 0.1) is 13.8 Å². The first-order chi connectivity index (χ1) is 13.5. The Labute approximate surface area is 165 Å². The fourth-order valence-electron chi connectivity index (χ4n) is 3.45. The highest BCUT2D eigenvalue weighted by molar-refractivity contribution is 7.15. The molecule has 2 aromatic carbocycles. The Hall–Kier alpha value is -3.06. The summed E-state index contributed by atoms with van der Waals surface area (Å²) < 4.78 is 18.4. The average Bonchev–Trinajstić information content (AvgIpc) is 3.18. The minimum absolute atomic E-state index is 0.0822. The molecule has 0 aliphatic rings. The molecule has 0 saturated heterocycles. The number of thiazole rings is 1. The largest absolute Gasteiger partial charge is 0.493 e. The van der Waals surface area contributed by atoms with Gasteiger partial charge < -0.3 is 14.2 Å². The van der Waals surface area contributed by atoms with E-state index in [9.17, 15) is 4.79 Å². The number of aromatic nitrogens is 2. The number of nitrogens with zero attached hydrogens (tertiary/aromatic N) is 2. The first-order valence-corrected chi connectivity index (χ1v) is 9.52. The van der Waals surface area contributed by atoms with Gasteiger partial charge in [-0.2, -0.15) is 0 Å². The Kier molecular flexibility index (Phi) is 4.47. The van der Waals surface area contributed by atoms with E-state index in [1.54, 1.807) is 25.7 Å². The van der Waals surface area contributed by atoms with E-state index >= 15 is 0 Å². The first-order valence-electron chi connectivity index (χ1n) is 8.70. The van der Waals surface area contributed by atoms with E-state index < -0.39 is 0 Å². The van der Waals surface area contributed by atoms with Gasteiger partial charge in [0.2, 0.25) is 5.75 Å². The fraction of sp³-hybridized carbons (Fsp3) is 0.238. The summed E-state index contributed by atoms with van der Waals surface area (Å²) in [6, 6.07) is 7.71. The van der Waals surface area contributed by atoms with Crippen molar-refractivity contribution in [3.8, 4) is 17.2 Å². The Bertz CT molecular complexity index is 1300. The van der Waals surface area contributed by atoms with Gasteiger partial charge in [-0.25, -0.2) is 9.38 Å². The topological polar surface area (TPSA) is 62.1 Å². The van der Waals surface area contributed by atoms with Crippen LogP contribution in [0.15, 0.2) is 29.1 Å². The van der Waals surface area contributed by atoms with Gasteiger partial charge in [0.1, 0.15) is 0 Å². The Morgan fingerprint density at radius 1 is 1.00 bits per heavy atom. The quantitative estimate of drug-likeness (QED) is 0.530. The molecule has 4 aromatic rings. The van der Waals surface area contributed by atoms with Crippen LogP contribution in [0.1, 0.15) is 16.7 Å². The first kappa shape index (κ1) is 18.3. The second-order valence-electron chi connectivity index (χ2n) is 6.55. The molecular formula is C21H20N2O4S. The summed E-state index contributed by atoms with van der Waals surface area (Å²) in [5, 5.41) is 0. The number of hydrogen-bond donors (Lipinski definition) is 0. The highest BCUT2D eigenvalue weighted by Crippen LogP contribution is 2.38. The van der Waals surface area contributed by atoms with Crippen molar-refractivity contribution in [3.63, 3.8) is 0 Å². The Morgan fingerprint density at radius 2 is 1.68 bits per heavy atom. The van der Waals surface area contributed by atoms with Gasteiger partial charge in [0.05, 0.1) is 36.9 Å².